The van der Waals surface area contributed by atoms with Gasteiger partial charge in [-0.15, -0.1) is 0 Å². The number of rotatable bonds is 34. The van der Waals surface area contributed by atoms with E-state index in [-0.39, 0.29) is 0 Å². The largest absolute Gasteiger partial charge is 0.303 e. The summed E-state index contributed by atoms with van der Waals surface area (Å²) in [7, 11) is 0. The lowest BCUT2D eigenvalue weighted by Gasteiger charge is -2.22. The molecule has 0 fully saturated rings. The van der Waals surface area contributed by atoms with Crippen LogP contribution in [0, 0.1) is 5.92 Å². The second-order valence-electron chi connectivity index (χ2n) is 13.6. The molecule has 0 aliphatic rings. The highest BCUT2D eigenvalue weighted by molar-refractivity contribution is 4.61. The van der Waals surface area contributed by atoms with Gasteiger partial charge in [0.25, 0.3) is 0 Å². The molecular formula is C38H79N. The zero-order valence-electron chi connectivity index (χ0n) is 28.4. The van der Waals surface area contributed by atoms with Gasteiger partial charge in [-0.1, -0.05) is 201 Å². The lowest BCUT2D eigenvalue weighted by atomic mass is 10.0. The molecule has 39 heavy (non-hydrogen) atoms. The standard InChI is InChI=1S/C38H79N/c1-5-7-9-11-13-15-17-19-21-23-25-27-31-35-39(37-33-29-30-34-38(3)4)36-32-28-26-24-22-20-18-16-14-12-10-8-6-2/h38H,5-37H2,1-4H3. The molecule has 0 saturated heterocycles. The van der Waals surface area contributed by atoms with E-state index in [9.17, 15) is 0 Å². The summed E-state index contributed by atoms with van der Waals surface area (Å²) in [6, 6.07) is 0. The van der Waals surface area contributed by atoms with Crippen LogP contribution in [0.3, 0.4) is 0 Å². The van der Waals surface area contributed by atoms with Crippen molar-refractivity contribution in [3.8, 4) is 0 Å². The van der Waals surface area contributed by atoms with Gasteiger partial charge in [0.05, 0.1) is 0 Å². The first-order valence-electron chi connectivity index (χ1n) is 18.9. The van der Waals surface area contributed by atoms with Crippen molar-refractivity contribution in [2.24, 2.45) is 5.92 Å². The summed E-state index contributed by atoms with van der Waals surface area (Å²) in [5, 5.41) is 0. The quantitative estimate of drug-likeness (QED) is 0.0721. The van der Waals surface area contributed by atoms with Gasteiger partial charge in [-0.25, -0.2) is 0 Å². The van der Waals surface area contributed by atoms with Crippen molar-refractivity contribution in [2.75, 3.05) is 19.6 Å². The fourth-order valence-electron chi connectivity index (χ4n) is 6.11. The fourth-order valence-corrected chi connectivity index (χ4v) is 6.11. The maximum atomic E-state index is 2.84. The fraction of sp³-hybridized carbons (Fsp3) is 1.00. The van der Waals surface area contributed by atoms with Crippen molar-refractivity contribution < 1.29 is 0 Å². The average Bonchev–Trinajstić information content (AvgIpc) is 2.93. The van der Waals surface area contributed by atoms with Crippen LogP contribution in [-0.2, 0) is 0 Å². The summed E-state index contributed by atoms with van der Waals surface area (Å²) in [5.74, 6) is 0.873. The van der Waals surface area contributed by atoms with Crippen molar-refractivity contribution >= 4 is 0 Å². The van der Waals surface area contributed by atoms with E-state index in [1.165, 1.54) is 212 Å². The van der Waals surface area contributed by atoms with Crippen LogP contribution < -0.4 is 0 Å². The second-order valence-corrected chi connectivity index (χ2v) is 13.6. The Labute approximate surface area is 250 Å². The van der Waals surface area contributed by atoms with Gasteiger partial charge >= 0.3 is 0 Å². The number of hydrogen-bond donors (Lipinski definition) is 0. The normalized spacial score (nSPS) is 11.8. The summed E-state index contributed by atoms with van der Waals surface area (Å²) in [6.45, 7) is 13.4. The van der Waals surface area contributed by atoms with Crippen molar-refractivity contribution in [1.29, 1.82) is 0 Å². The second kappa shape index (κ2) is 34.2. The molecule has 0 unspecified atom stereocenters. The third-order valence-corrected chi connectivity index (χ3v) is 8.91. The zero-order valence-corrected chi connectivity index (χ0v) is 28.4. The molecule has 0 N–H and O–H groups in total. The molecule has 0 aromatic carbocycles. The molecule has 0 bridgehead atoms. The van der Waals surface area contributed by atoms with Crippen LogP contribution in [0.4, 0.5) is 0 Å². The van der Waals surface area contributed by atoms with Crippen molar-refractivity contribution in [1.82, 2.24) is 4.90 Å². The van der Waals surface area contributed by atoms with E-state index < -0.39 is 0 Å². The molecule has 0 aliphatic heterocycles. The van der Waals surface area contributed by atoms with E-state index in [1.807, 2.05) is 0 Å². The van der Waals surface area contributed by atoms with Crippen LogP contribution in [0.2, 0.25) is 0 Å². The minimum Gasteiger partial charge on any atom is -0.303 e. The molecule has 0 radical (unpaired) electrons. The van der Waals surface area contributed by atoms with Crippen LogP contribution in [0.25, 0.3) is 0 Å². The van der Waals surface area contributed by atoms with E-state index in [2.05, 4.69) is 32.6 Å². The molecule has 1 heteroatoms. The molecule has 0 rings (SSSR count). The first-order chi connectivity index (χ1) is 19.2. The molecule has 0 atom stereocenters. The smallest absolute Gasteiger partial charge is 0.00187 e. The third kappa shape index (κ3) is 34.1. The summed E-state index contributed by atoms with van der Waals surface area (Å²) in [6.07, 6.45) is 43.7. The minimum atomic E-state index is 0.873. The number of hydrogen-bond acceptors (Lipinski definition) is 1. The van der Waals surface area contributed by atoms with E-state index in [1.54, 1.807) is 0 Å². The highest BCUT2D eigenvalue weighted by atomic mass is 15.1. The first kappa shape index (κ1) is 39.0. The predicted octanol–water partition coefficient (Wildman–Crippen LogP) is 13.7. The monoisotopic (exact) mass is 550 g/mol. The van der Waals surface area contributed by atoms with Crippen molar-refractivity contribution in [3.63, 3.8) is 0 Å². The van der Waals surface area contributed by atoms with Gasteiger partial charge in [0.1, 0.15) is 0 Å². The maximum Gasteiger partial charge on any atom is -0.00187 e. The molecule has 0 spiro atoms. The van der Waals surface area contributed by atoms with Crippen LogP contribution >= 0.6 is 0 Å². The van der Waals surface area contributed by atoms with Gasteiger partial charge < -0.3 is 4.90 Å². The average molecular weight is 550 g/mol. The highest BCUT2D eigenvalue weighted by Crippen LogP contribution is 2.15. The summed E-state index contributed by atoms with van der Waals surface area (Å²) in [5.41, 5.74) is 0. The summed E-state index contributed by atoms with van der Waals surface area (Å²) in [4.78, 5) is 2.84. The van der Waals surface area contributed by atoms with Gasteiger partial charge in [0.2, 0.25) is 0 Å². The Hall–Kier alpha value is -0.0400. The maximum absolute atomic E-state index is 2.84. The molecular weight excluding hydrogens is 470 g/mol. The SMILES string of the molecule is CCCCCCCCCCCCCCCN(CCCCCCCCCCCCCCC)CCCCCC(C)C. The van der Waals surface area contributed by atoms with Gasteiger partial charge in [-0.05, 0) is 44.8 Å². The molecule has 0 heterocycles. The van der Waals surface area contributed by atoms with E-state index in [0.717, 1.165) is 5.92 Å². The Bertz CT molecular complexity index is 387. The van der Waals surface area contributed by atoms with Crippen LogP contribution in [0.5, 0.6) is 0 Å². The van der Waals surface area contributed by atoms with Crippen LogP contribution in [0.15, 0.2) is 0 Å². The molecule has 0 aromatic rings. The number of unbranched alkanes of at least 4 members (excludes halogenated alkanes) is 26. The van der Waals surface area contributed by atoms with Gasteiger partial charge in [0.15, 0.2) is 0 Å². The summed E-state index contributed by atoms with van der Waals surface area (Å²) >= 11 is 0. The van der Waals surface area contributed by atoms with Gasteiger partial charge in [-0.2, -0.15) is 0 Å². The molecule has 236 valence electrons. The third-order valence-electron chi connectivity index (χ3n) is 8.91. The van der Waals surface area contributed by atoms with Crippen molar-refractivity contribution in [2.45, 2.75) is 220 Å². The molecule has 0 aromatic heterocycles. The van der Waals surface area contributed by atoms with E-state index >= 15 is 0 Å². The van der Waals surface area contributed by atoms with E-state index in [0.29, 0.717) is 0 Å². The Morgan fingerprint density at radius 1 is 0.308 bits per heavy atom. The van der Waals surface area contributed by atoms with Crippen LogP contribution in [0.1, 0.15) is 220 Å². The van der Waals surface area contributed by atoms with Crippen molar-refractivity contribution in [3.05, 3.63) is 0 Å². The first-order valence-corrected chi connectivity index (χ1v) is 18.9. The lowest BCUT2D eigenvalue weighted by Crippen LogP contribution is -2.27. The molecule has 0 aliphatic carbocycles. The Morgan fingerprint density at radius 2 is 0.538 bits per heavy atom. The molecule has 1 nitrogen and oxygen atoms in total. The Morgan fingerprint density at radius 3 is 0.795 bits per heavy atom. The van der Waals surface area contributed by atoms with Crippen LogP contribution in [-0.4, -0.2) is 24.5 Å². The van der Waals surface area contributed by atoms with E-state index in [4.69, 9.17) is 0 Å². The predicted molar refractivity (Wildman–Crippen MR) is 181 cm³/mol. The number of nitrogens with zero attached hydrogens (tertiary/aromatic N) is 1. The van der Waals surface area contributed by atoms with Gasteiger partial charge in [-0.3, -0.25) is 0 Å². The highest BCUT2D eigenvalue weighted by Gasteiger charge is 2.05. The molecule has 0 amide bonds. The zero-order chi connectivity index (χ0) is 28.5. The molecule has 0 saturated carbocycles. The topological polar surface area (TPSA) is 3.24 Å². The minimum absolute atomic E-state index is 0.873. The Kier molecular flexibility index (Phi) is 34.1. The lowest BCUT2D eigenvalue weighted by molar-refractivity contribution is 0.253. The van der Waals surface area contributed by atoms with Gasteiger partial charge in [0, 0.05) is 0 Å². The summed E-state index contributed by atoms with van der Waals surface area (Å²) < 4.78 is 0. The Balaban J connectivity index is 3.77.